The van der Waals surface area contributed by atoms with Gasteiger partial charge in [-0.1, -0.05) is 12.2 Å². The molecule has 0 saturated heterocycles. The molecule has 0 aliphatic carbocycles. The van der Waals surface area contributed by atoms with Crippen LogP contribution in [-0.4, -0.2) is 36.6 Å². The van der Waals surface area contributed by atoms with Gasteiger partial charge in [0.2, 0.25) is 0 Å². The second-order valence-electron chi connectivity index (χ2n) is 2.61. The highest BCUT2D eigenvalue weighted by Gasteiger charge is 2.05. The lowest BCUT2D eigenvalue weighted by molar-refractivity contribution is 0.209. The van der Waals surface area contributed by atoms with Crippen LogP contribution in [0.2, 0.25) is 0 Å². The van der Waals surface area contributed by atoms with Gasteiger partial charge in [-0.2, -0.15) is 0 Å². The van der Waals surface area contributed by atoms with Crippen molar-refractivity contribution in [2.45, 2.75) is 0 Å². The molecule has 0 aromatic heterocycles. The maximum absolute atomic E-state index is 3.70. The van der Waals surface area contributed by atoms with Crippen molar-refractivity contribution >= 4 is 0 Å². The van der Waals surface area contributed by atoms with E-state index < -0.39 is 0 Å². The van der Waals surface area contributed by atoms with Gasteiger partial charge in [0.1, 0.15) is 0 Å². The van der Waals surface area contributed by atoms with Crippen molar-refractivity contribution in [2.75, 3.05) is 26.8 Å². The predicted molar refractivity (Wildman–Crippen MR) is 43.5 cm³/mol. The molecule has 1 heterocycles. The number of nitrogens with zero attached hydrogens (tertiary/aromatic N) is 2. The van der Waals surface area contributed by atoms with Crippen LogP contribution in [-0.2, 0) is 0 Å². The highest BCUT2D eigenvalue weighted by Crippen LogP contribution is 1.99. The van der Waals surface area contributed by atoms with E-state index in [1.165, 1.54) is 0 Å². The average Bonchev–Trinajstić information content (AvgIpc) is 1.88. The number of hydrogen-bond acceptors (Lipinski definition) is 2. The fraction of sp³-hybridized carbons (Fsp3) is 0.500. The summed E-state index contributed by atoms with van der Waals surface area (Å²) in [6, 6.07) is 0. The zero-order valence-corrected chi connectivity index (χ0v) is 6.45. The minimum Gasteiger partial charge on any atom is -0.368 e. The van der Waals surface area contributed by atoms with Gasteiger partial charge < -0.3 is 4.90 Å². The first-order chi connectivity index (χ1) is 4.83. The topological polar surface area (TPSA) is 6.48 Å². The highest BCUT2D eigenvalue weighted by molar-refractivity contribution is 4.90. The van der Waals surface area contributed by atoms with Gasteiger partial charge in [0.25, 0.3) is 0 Å². The summed E-state index contributed by atoms with van der Waals surface area (Å²) in [5.74, 6) is 0. The van der Waals surface area contributed by atoms with Gasteiger partial charge in [-0.3, -0.25) is 4.90 Å². The molecule has 0 aromatic rings. The molecule has 2 heteroatoms. The summed E-state index contributed by atoms with van der Waals surface area (Å²) in [7, 11) is 2.08. The summed E-state index contributed by atoms with van der Waals surface area (Å²) in [6.45, 7) is 6.74. The Kier molecular flexibility index (Phi) is 2.51. The van der Waals surface area contributed by atoms with Gasteiger partial charge in [-0.05, 0) is 6.20 Å². The first-order valence-electron chi connectivity index (χ1n) is 3.53. The second-order valence-corrected chi connectivity index (χ2v) is 2.61. The highest BCUT2D eigenvalue weighted by atomic mass is 15.3. The smallest absolute Gasteiger partial charge is 0.0703 e. The third-order valence-corrected chi connectivity index (χ3v) is 1.53. The third-order valence-electron chi connectivity index (χ3n) is 1.53. The molecule has 2 nitrogen and oxygen atoms in total. The monoisotopic (exact) mass is 138 g/mol. The average molecular weight is 138 g/mol. The van der Waals surface area contributed by atoms with E-state index in [1.54, 1.807) is 0 Å². The molecule has 0 saturated carbocycles. The molecule has 0 amide bonds. The van der Waals surface area contributed by atoms with E-state index in [2.05, 4.69) is 35.7 Å². The first-order valence-corrected chi connectivity index (χ1v) is 3.53. The van der Waals surface area contributed by atoms with Crippen molar-refractivity contribution < 1.29 is 0 Å². The molecule has 0 N–H and O–H groups in total. The maximum atomic E-state index is 3.70. The Morgan fingerprint density at radius 1 is 1.70 bits per heavy atom. The van der Waals surface area contributed by atoms with Crippen LogP contribution in [0.5, 0.6) is 0 Å². The van der Waals surface area contributed by atoms with E-state index in [-0.39, 0.29) is 0 Å². The van der Waals surface area contributed by atoms with Crippen LogP contribution in [0.25, 0.3) is 0 Å². The largest absolute Gasteiger partial charge is 0.368 e. The third kappa shape index (κ3) is 1.88. The molecule has 0 aromatic carbocycles. The Balaban J connectivity index is 2.36. The first kappa shape index (κ1) is 7.35. The fourth-order valence-corrected chi connectivity index (χ4v) is 1.11. The van der Waals surface area contributed by atoms with E-state index in [1.807, 2.05) is 6.08 Å². The number of rotatable bonds is 2. The molecule has 56 valence electrons. The molecular formula is C8H14N2. The molecule has 0 bridgehead atoms. The standard InChI is InChI=1S/C8H14N2/c1-3-5-10-7-4-6-9(2)8-10/h3-4,6H,1,5,7-8H2,2H3. The van der Waals surface area contributed by atoms with Crippen molar-refractivity contribution in [1.82, 2.24) is 9.80 Å². The van der Waals surface area contributed by atoms with E-state index in [9.17, 15) is 0 Å². The van der Waals surface area contributed by atoms with Crippen molar-refractivity contribution in [3.05, 3.63) is 24.9 Å². The van der Waals surface area contributed by atoms with Crippen LogP contribution in [0.4, 0.5) is 0 Å². The van der Waals surface area contributed by atoms with E-state index in [0.717, 1.165) is 19.8 Å². The molecule has 1 aliphatic rings. The van der Waals surface area contributed by atoms with Crippen molar-refractivity contribution in [2.24, 2.45) is 0 Å². The van der Waals surface area contributed by atoms with Crippen LogP contribution >= 0.6 is 0 Å². The summed E-state index contributed by atoms with van der Waals surface area (Å²) in [4.78, 5) is 4.47. The van der Waals surface area contributed by atoms with Gasteiger partial charge in [0.15, 0.2) is 0 Å². The van der Waals surface area contributed by atoms with E-state index >= 15 is 0 Å². The lowest BCUT2D eigenvalue weighted by atomic mass is 10.4. The summed E-state index contributed by atoms with van der Waals surface area (Å²) >= 11 is 0. The maximum Gasteiger partial charge on any atom is 0.0703 e. The molecule has 0 unspecified atom stereocenters. The Labute approximate surface area is 62.4 Å². The summed E-state index contributed by atoms with van der Waals surface area (Å²) in [5, 5.41) is 0. The zero-order chi connectivity index (χ0) is 7.40. The van der Waals surface area contributed by atoms with E-state index in [4.69, 9.17) is 0 Å². The van der Waals surface area contributed by atoms with Crippen LogP contribution in [0.1, 0.15) is 0 Å². The van der Waals surface area contributed by atoms with E-state index in [0.29, 0.717) is 0 Å². The Hall–Kier alpha value is -0.760. The lowest BCUT2D eigenvalue weighted by Gasteiger charge is -2.28. The van der Waals surface area contributed by atoms with Gasteiger partial charge in [0.05, 0.1) is 6.67 Å². The molecule has 0 spiro atoms. The fourth-order valence-electron chi connectivity index (χ4n) is 1.11. The van der Waals surface area contributed by atoms with Gasteiger partial charge >= 0.3 is 0 Å². The lowest BCUT2D eigenvalue weighted by Crippen LogP contribution is -2.36. The Morgan fingerprint density at radius 2 is 2.50 bits per heavy atom. The molecule has 0 atom stereocenters. The predicted octanol–water partition coefficient (Wildman–Crippen LogP) is 0.891. The zero-order valence-electron chi connectivity index (χ0n) is 6.45. The quantitative estimate of drug-likeness (QED) is 0.523. The SMILES string of the molecule is C=CCN1CC=CN(C)C1. The summed E-state index contributed by atoms with van der Waals surface area (Å²) in [5.41, 5.74) is 0. The molecule has 0 radical (unpaired) electrons. The van der Waals surface area contributed by atoms with Gasteiger partial charge in [-0.15, -0.1) is 6.58 Å². The second kappa shape index (κ2) is 3.42. The Bertz CT molecular complexity index is 140. The normalized spacial score (nSPS) is 19.5. The van der Waals surface area contributed by atoms with Crippen molar-refractivity contribution in [3.63, 3.8) is 0 Å². The van der Waals surface area contributed by atoms with Crippen LogP contribution in [0, 0.1) is 0 Å². The van der Waals surface area contributed by atoms with Crippen LogP contribution in [0.15, 0.2) is 24.9 Å². The van der Waals surface area contributed by atoms with Gasteiger partial charge in [0, 0.05) is 20.1 Å². The molecule has 0 fully saturated rings. The van der Waals surface area contributed by atoms with Crippen LogP contribution < -0.4 is 0 Å². The van der Waals surface area contributed by atoms with Crippen molar-refractivity contribution in [3.8, 4) is 0 Å². The van der Waals surface area contributed by atoms with Gasteiger partial charge in [-0.25, -0.2) is 0 Å². The molecule has 1 rings (SSSR count). The summed E-state index contributed by atoms with van der Waals surface area (Å²) in [6.07, 6.45) is 6.21. The molecule has 1 aliphatic heterocycles. The molecule has 10 heavy (non-hydrogen) atoms. The summed E-state index contributed by atoms with van der Waals surface area (Å²) < 4.78 is 0. The number of hydrogen-bond donors (Lipinski definition) is 0. The minimum atomic E-state index is 0.981. The molecular weight excluding hydrogens is 124 g/mol. The Morgan fingerprint density at radius 3 is 3.10 bits per heavy atom. The van der Waals surface area contributed by atoms with Crippen LogP contribution in [0.3, 0.4) is 0 Å². The minimum absolute atomic E-state index is 0.981. The van der Waals surface area contributed by atoms with Crippen molar-refractivity contribution in [1.29, 1.82) is 0 Å².